The molecule has 0 unspecified atom stereocenters. The first kappa shape index (κ1) is 30.4. The van der Waals surface area contributed by atoms with E-state index in [4.69, 9.17) is 32.3 Å². The van der Waals surface area contributed by atoms with Crippen molar-refractivity contribution >= 4 is 23.5 Å². The first-order valence-corrected chi connectivity index (χ1v) is 15.6. The van der Waals surface area contributed by atoms with E-state index in [-0.39, 0.29) is 5.91 Å². The van der Waals surface area contributed by atoms with Crippen molar-refractivity contribution in [3.8, 4) is 0 Å². The Morgan fingerprint density at radius 3 is 1.35 bits per heavy atom. The molecule has 0 aliphatic heterocycles. The molecule has 2 N–H and O–H groups in total. The molecular weight excluding hydrogens is 434 g/mol. The maximum absolute atomic E-state index is 11.9. The van der Waals surface area contributed by atoms with Crippen molar-refractivity contribution in [2.45, 2.75) is 79.3 Å². The van der Waals surface area contributed by atoms with Crippen LogP contribution in [0.4, 0.5) is 0 Å². The molecule has 8 nitrogen and oxygen atoms in total. The molecule has 0 aromatic carbocycles. The normalized spacial score (nSPS) is 13.0. The molecular formula is C21H45NO7Si2. The Bertz CT molecular complexity index is 472. The summed E-state index contributed by atoms with van der Waals surface area (Å²) in [7, 11) is -5.37. The number of hydrogen-bond donors (Lipinski definition) is 1. The molecule has 0 fully saturated rings. The second kappa shape index (κ2) is 17.9. The second-order valence-electron chi connectivity index (χ2n) is 6.80. The van der Waals surface area contributed by atoms with Gasteiger partial charge in [-0.25, -0.2) is 0 Å². The van der Waals surface area contributed by atoms with Crippen molar-refractivity contribution in [3.05, 3.63) is 11.6 Å². The minimum Gasteiger partial charge on any atom is -0.374 e. The molecule has 1 amide bonds. The number of unbranched alkanes of at least 4 members (excludes halogenated alkanes) is 1. The average molecular weight is 480 g/mol. The van der Waals surface area contributed by atoms with Gasteiger partial charge in [0.1, 0.15) is 0 Å². The summed E-state index contributed by atoms with van der Waals surface area (Å²) in [5, 5.41) is 0. The van der Waals surface area contributed by atoms with Gasteiger partial charge in [-0.05, 0) is 67.2 Å². The first-order chi connectivity index (χ1) is 14.9. The van der Waals surface area contributed by atoms with Gasteiger partial charge in [0.15, 0.2) is 0 Å². The third-order valence-corrected chi connectivity index (χ3v) is 10.8. The topological polar surface area (TPSA) is 98.5 Å². The largest absolute Gasteiger partial charge is 0.500 e. The van der Waals surface area contributed by atoms with E-state index in [0.717, 1.165) is 12.8 Å². The molecule has 0 bridgehead atoms. The van der Waals surface area contributed by atoms with Gasteiger partial charge >= 0.3 is 17.6 Å². The molecule has 184 valence electrons. The monoisotopic (exact) mass is 479 g/mol. The summed E-state index contributed by atoms with van der Waals surface area (Å²) >= 11 is 0. The fourth-order valence-electron chi connectivity index (χ4n) is 3.42. The van der Waals surface area contributed by atoms with Crippen LogP contribution in [0.3, 0.4) is 0 Å². The van der Waals surface area contributed by atoms with Gasteiger partial charge in [0.05, 0.1) is 0 Å². The van der Waals surface area contributed by atoms with Crippen LogP contribution < -0.4 is 5.73 Å². The van der Waals surface area contributed by atoms with Crippen LogP contribution in [0.25, 0.3) is 0 Å². The van der Waals surface area contributed by atoms with Gasteiger partial charge in [-0.15, -0.1) is 0 Å². The van der Waals surface area contributed by atoms with Gasteiger partial charge < -0.3 is 32.3 Å². The summed E-state index contributed by atoms with van der Waals surface area (Å²) < 4.78 is 35.3. The molecule has 31 heavy (non-hydrogen) atoms. The number of nitrogens with two attached hydrogens (primary N) is 1. The SMILES string of the molecule is CCO[Si](CCCC=C(CCC[Si](OCC)(OCC)OCC)C(N)=O)(OCC)OCC. The highest BCUT2D eigenvalue weighted by atomic mass is 28.4. The second-order valence-corrected chi connectivity index (χ2v) is 12.3. The molecule has 0 aromatic heterocycles. The van der Waals surface area contributed by atoms with Crippen molar-refractivity contribution in [2.24, 2.45) is 5.73 Å². The number of hydrogen-bond acceptors (Lipinski definition) is 7. The number of amides is 1. The summed E-state index contributed by atoms with van der Waals surface area (Å²) in [5.74, 6) is -0.389. The van der Waals surface area contributed by atoms with Crippen molar-refractivity contribution in [1.82, 2.24) is 0 Å². The highest BCUT2D eigenvalue weighted by molar-refractivity contribution is 6.61. The zero-order valence-electron chi connectivity index (χ0n) is 20.5. The Balaban J connectivity index is 4.91. The molecule has 0 saturated heterocycles. The summed E-state index contributed by atoms with van der Waals surface area (Å²) in [4.78, 5) is 11.9. The molecule has 0 aliphatic carbocycles. The van der Waals surface area contributed by atoms with E-state index in [2.05, 4.69) is 0 Å². The maximum atomic E-state index is 11.9. The van der Waals surface area contributed by atoms with E-state index in [1.165, 1.54) is 0 Å². The highest BCUT2D eigenvalue weighted by Crippen LogP contribution is 2.23. The maximum Gasteiger partial charge on any atom is 0.500 e. The van der Waals surface area contributed by atoms with E-state index >= 15 is 0 Å². The Kier molecular flexibility index (Phi) is 17.6. The van der Waals surface area contributed by atoms with Crippen molar-refractivity contribution in [3.63, 3.8) is 0 Å². The Morgan fingerprint density at radius 2 is 1.03 bits per heavy atom. The van der Waals surface area contributed by atoms with Crippen LogP contribution in [0.2, 0.25) is 12.1 Å². The van der Waals surface area contributed by atoms with E-state index < -0.39 is 17.6 Å². The lowest BCUT2D eigenvalue weighted by Gasteiger charge is -2.28. The van der Waals surface area contributed by atoms with Crippen LogP contribution in [0.15, 0.2) is 11.6 Å². The summed E-state index contributed by atoms with van der Waals surface area (Å²) in [6, 6.07) is 1.36. The number of primary amides is 1. The van der Waals surface area contributed by atoms with Gasteiger partial charge in [-0.3, -0.25) is 4.79 Å². The van der Waals surface area contributed by atoms with Gasteiger partial charge in [0, 0.05) is 57.3 Å². The summed E-state index contributed by atoms with van der Waals surface area (Å²) in [6.45, 7) is 14.9. The molecule has 0 saturated carbocycles. The number of rotatable bonds is 21. The standard InChI is InChI=1S/C21H45NO7Si2/c1-7-24-30(25-8-2,26-9-3)18-14-13-16-20(21(22)23)17-15-19-31(27-10-4,28-11-5)29-12-6/h16H,7-15,17-19H2,1-6H3,(H2,22,23). The molecule has 0 aromatic rings. The fourth-order valence-corrected chi connectivity index (χ4v) is 8.67. The van der Waals surface area contributed by atoms with Crippen LogP contribution >= 0.6 is 0 Å². The lowest BCUT2D eigenvalue weighted by atomic mass is 10.1. The van der Waals surface area contributed by atoms with Gasteiger partial charge in [0.2, 0.25) is 5.91 Å². The van der Waals surface area contributed by atoms with Gasteiger partial charge in [-0.2, -0.15) is 0 Å². The van der Waals surface area contributed by atoms with E-state index in [9.17, 15) is 4.79 Å². The van der Waals surface area contributed by atoms with E-state index in [0.29, 0.717) is 70.1 Å². The number of carbonyl (C=O) groups is 1. The molecule has 0 aliphatic rings. The molecule has 10 heteroatoms. The lowest BCUT2D eigenvalue weighted by Crippen LogP contribution is -2.46. The zero-order valence-corrected chi connectivity index (χ0v) is 22.5. The van der Waals surface area contributed by atoms with Crippen LogP contribution in [0, 0.1) is 0 Å². The molecule has 0 radical (unpaired) electrons. The van der Waals surface area contributed by atoms with Crippen LogP contribution in [-0.4, -0.2) is 63.2 Å². The van der Waals surface area contributed by atoms with Crippen molar-refractivity contribution < 1.29 is 31.4 Å². The third-order valence-electron chi connectivity index (χ3n) is 4.51. The average Bonchev–Trinajstić information content (AvgIpc) is 2.71. The number of carbonyl (C=O) groups excluding carboxylic acids is 1. The van der Waals surface area contributed by atoms with Gasteiger partial charge in [-0.1, -0.05) is 6.08 Å². The first-order valence-electron chi connectivity index (χ1n) is 11.7. The molecule has 0 rings (SSSR count). The summed E-state index contributed by atoms with van der Waals surface area (Å²) in [5.41, 5.74) is 6.25. The molecule has 0 atom stereocenters. The van der Waals surface area contributed by atoms with E-state index in [1.54, 1.807) is 0 Å². The Hall–Kier alpha value is -0.596. The van der Waals surface area contributed by atoms with Crippen LogP contribution in [0.1, 0.15) is 67.2 Å². The van der Waals surface area contributed by atoms with Crippen LogP contribution in [-0.2, 0) is 31.4 Å². The molecule has 0 heterocycles. The Labute approximate surface area is 191 Å². The predicted octanol–water partition coefficient (Wildman–Crippen LogP) is 4.06. The van der Waals surface area contributed by atoms with Crippen LogP contribution in [0.5, 0.6) is 0 Å². The Morgan fingerprint density at radius 1 is 0.677 bits per heavy atom. The highest BCUT2D eigenvalue weighted by Gasteiger charge is 2.40. The number of allylic oxidation sites excluding steroid dienone is 1. The quantitative estimate of drug-likeness (QED) is 0.151. The fraction of sp³-hybridized carbons (Fsp3) is 0.857. The lowest BCUT2D eigenvalue weighted by molar-refractivity contribution is -0.114. The van der Waals surface area contributed by atoms with Crippen molar-refractivity contribution in [2.75, 3.05) is 39.6 Å². The third kappa shape index (κ3) is 12.3. The minimum atomic E-state index is -2.71. The zero-order chi connectivity index (χ0) is 23.6. The van der Waals surface area contributed by atoms with E-state index in [1.807, 2.05) is 47.6 Å². The molecule has 0 spiro atoms. The summed E-state index contributed by atoms with van der Waals surface area (Å²) in [6.07, 6.45) is 4.74. The minimum absolute atomic E-state index is 0.389. The smallest absolute Gasteiger partial charge is 0.374 e. The van der Waals surface area contributed by atoms with Crippen molar-refractivity contribution in [1.29, 1.82) is 0 Å². The predicted molar refractivity (Wildman–Crippen MR) is 127 cm³/mol. The van der Waals surface area contributed by atoms with Gasteiger partial charge in [0.25, 0.3) is 0 Å².